The molecule has 0 aromatic heterocycles. The van der Waals surface area contributed by atoms with Crippen molar-refractivity contribution in [2.75, 3.05) is 11.4 Å². The summed E-state index contributed by atoms with van der Waals surface area (Å²) >= 11 is 0. The molecular formula is C13H19N3O. The molecule has 2 rings (SSSR count). The van der Waals surface area contributed by atoms with Gasteiger partial charge in [0.05, 0.1) is 6.42 Å². The molecule has 0 spiro atoms. The maximum absolute atomic E-state index is 12.0. The van der Waals surface area contributed by atoms with E-state index in [1.54, 1.807) is 0 Å². The first-order valence-corrected chi connectivity index (χ1v) is 6.01. The van der Waals surface area contributed by atoms with Gasteiger partial charge in [0.2, 0.25) is 5.91 Å². The average molecular weight is 233 g/mol. The number of amides is 1. The topological polar surface area (TPSA) is 72.3 Å². The maximum Gasteiger partial charge on any atom is 0.231 e. The van der Waals surface area contributed by atoms with Crippen molar-refractivity contribution in [1.82, 2.24) is 0 Å². The molecule has 92 valence electrons. The summed E-state index contributed by atoms with van der Waals surface area (Å²) in [5, 5.41) is 0. The minimum absolute atomic E-state index is 0.162. The highest BCUT2D eigenvalue weighted by atomic mass is 16.2. The Hall–Kier alpha value is -1.39. The Morgan fingerprint density at radius 2 is 2.18 bits per heavy atom. The molecule has 4 heteroatoms. The van der Waals surface area contributed by atoms with Crippen LogP contribution in [-0.4, -0.2) is 18.5 Å². The molecule has 1 unspecified atom stereocenters. The molecule has 0 saturated heterocycles. The lowest BCUT2D eigenvalue weighted by Crippen LogP contribution is -2.37. The molecule has 1 amide bonds. The average Bonchev–Trinajstić information content (AvgIpc) is 2.64. The van der Waals surface area contributed by atoms with Crippen LogP contribution in [0.2, 0.25) is 0 Å². The molecule has 1 heterocycles. The Bertz CT molecular complexity index is 431. The summed E-state index contributed by atoms with van der Waals surface area (Å²) < 4.78 is 0. The first kappa shape index (κ1) is 12.1. The number of hydrogen-bond acceptors (Lipinski definition) is 3. The third-order valence-corrected chi connectivity index (χ3v) is 3.27. The van der Waals surface area contributed by atoms with Crippen molar-refractivity contribution in [3.05, 3.63) is 29.3 Å². The van der Waals surface area contributed by atoms with E-state index in [0.717, 1.165) is 23.2 Å². The zero-order chi connectivity index (χ0) is 12.4. The molecule has 4 nitrogen and oxygen atoms in total. The van der Waals surface area contributed by atoms with Crippen LogP contribution in [-0.2, 0) is 17.8 Å². The lowest BCUT2D eigenvalue weighted by Gasteiger charge is -2.25. The number of nitrogens with zero attached hydrogens (tertiary/aromatic N) is 1. The highest BCUT2D eigenvalue weighted by Gasteiger charge is 2.30. The molecule has 0 fully saturated rings. The Labute approximate surface area is 102 Å². The first-order valence-electron chi connectivity index (χ1n) is 6.01. The van der Waals surface area contributed by atoms with Crippen LogP contribution in [0.1, 0.15) is 24.5 Å². The molecule has 1 aliphatic rings. The first-order chi connectivity index (χ1) is 8.17. The van der Waals surface area contributed by atoms with Crippen molar-refractivity contribution in [3.63, 3.8) is 0 Å². The minimum atomic E-state index is 0.162. The second-order valence-corrected chi connectivity index (χ2v) is 4.53. The van der Waals surface area contributed by atoms with Crippen LogP contribution in [0.25, 0.3) is 0 Å². The number of anilines is 1. The van der Waals surface area contributed by atoms with E-state index in [4.69, 9.17) is 11.5 Å². The van der Waals surface area contributed by atoms with E-state index in [0.29, 0.717) is 19.5 Å². The fraction of sp³-hybridized carbons (Fsp3) is 0.462. The van der Waals surface area contributed by atoms with Gasteiger partial charge in [-0.1, -0.05) is 12.1 Å². The van der Waals surface area contributed by atoms with Gasteiger partial charge in [-0.3, -0.25) is 4.79 Å². The number of carbonyl (C=O) groups excluding carboxylic acids is 1. The van der Waals surface area contributed by atoms with Gasteiger partial charge < -0.3 is 16.4 Å². The molecule has 0 aliphatic carbocycles. The Balaban J connectivity index is 2.31. The summed E-state index contributed by atoms with van der Waals surface area (Å²) in [4.78, 5) is 13.9. The van der Waals surface area contributed by atoms with Gasteiger partial charge in [0, 0.05) is 18.3 Å². The molecule has 1 atom stereocenters. The van der Waals surface area contributed by atoms with Crippen molar-refractivity contribution in [2.24, 2.45) is 11.5 Å². The van der Waals surface area contributed by atoms with E-state index in [2.05, 4.69) is 0 Å². The van der Waals surface area contributed by atoms with Crippen LogP contribution in [0.5, 0.6) is 0 Å². The fourth-order valence-electron chi connectivity index (χ4n) is 2.38. The lowest BCUT2D eigenvalue weighted by molar-refractivity contribution is -0.117. The number of carbonyl (C=O) groups is 1. The highest BCUT2D eigenvalue weighted by Crippen LogP contribution is 2.31. The van der Waals surface area contributed by atoms with Gasteiger partial charge in [-0.2, -0.15) is 0 Å². The molecule has 1 aliphatic heterocycles. The predicted octanol–water partition coefficient (Wildman–Crippen LogP) is 0.772. The van der Waals surface area contributed by atoms with Gasteiger partial charge in [0.25, 0.3) is 0 Å². The smallest absolute Gasteiger partial charge is 0.231 e. The SMILES string of the molecule is CC(CCN)N1C(=O)Cc2cc(CN)ccc21. The summed E-state index contributed by atoms with van der Waals surface area (Å²) in [5.74, 6) is 0.162. The van der Waals surface area contributed by atoms with E-state index in [-0.39, 0.29) is 11.9 Å². The van der Waals surface area contributed by atoms with Crippen molar-refractivity contribution < 1.29 is 4.79 Å². The molecule has 17 heavy (non-hydrogen) atoms. The van der Waals surface area contributed by atoms with Crippen molar-refractivity contribution in [1.29, 1.82) is 0 Å². The molecular weight excluding hydrogens is 214 g/mol. The summed E-state index contributed by atoms with van der Waals surface area (Å²) in [6.07, 6.45) is 1.31. The number of nitrogens with two attached hydrogens (primary N) is 2. The van der Waals surface area contributed by atoms with Crippen LogP contribution in [0.3, 0.4) is 0 Å². The second kappa shape index (κ2) is 4.85. The Morgan fingerprint density at radius 3 is 2.82 bits per heavy atom. The molecule has 1 aromatic carbocycles. The maximum atomic E-state index is 12.0. The van der Waals surface area contributed by atoms with Crippen LogP contribution < -0.4 is 16.4 Å². The monoisotopic (exact) mass is 233 g/mol. The Kier molecular flexibility index (Phi) is 3.45. The van der Waals surface area contributed by atoms with E-state index >= 15 is 0 Å². The van der Waals surface area contributed by atoms with Crippen LogP contribution >= 0.6 is 0 Å². The van der Waals surface area contributed by atoms with E-state index < -0.39 is 0 Å². The standard InChI is InChI=1S/C13H19N3O/c1-9(4-5-14)16-12-3-2-10(8-15)6-11(12)7-13(16)17/h2-3,6,9H,4-5,7-8,14-15H2,1H3. The third-order valence-electron chi connectivity index (χ3n) is 3.27. The van der Waals surface area contributed by atoms with Crippen LogP contribution in [0.4, 0.5) is 5.69 Å². The van der Waals surface area contributed by atoms with E-state index in [1.165, 1.54) is 0 Å². The lowest BCUT2D eigenvalue weighted by atomic mass is 10.1. The summed E-state index contributed by atoms with van der Waals surface area (Å²) in [6.45, 7) is 3.15. The van der Waals surface area contributed by atoms with Crippen molar-refractivity contribution in [2.45, 2.75) is 32.4 Å². The zero-order valence-electron chi connectivity index (χ0n) is 10.1. The quantitative estimate of drug-likeness (QED) is 0.807. The molecule has 4 N–H and O–H groups in total. The minimum Gasteiger partial charge on any atom is -0.330 e. The van der Waals surface area contributed by atoms with Gasteiger partial charge in [-0.25, -0.2) is 0 Å². The van der Waals surface area contributed by atoms with E-state index in [9.17, 15) is 4.79 Å². The largest absolute Gasteiger partial charge is 0.330 e. The molecule has 1 aromatic rings. The van der Waals surface area contributed by atoms with Gasteiger partial charge in [0.1, 0.15) is 0 Å². The van der Waals surface area contributed by atoms with Gasteiger partial charge >= 0.3 is 0 Å². The normalized spacial score (nSPS) is 16.2. The van der Waals surface area contributed by atoms with E-state index in [1.807, 2.05) is 30.0 Å². The van der Waals surface area contributed by atoms with Gasteiger partial charge in [0.15, 0.2) is 0 Å². The zero-order valence-corrected chi connectivity index (χ0v) is 10.1. The van der Waals surface area contributed by atoms with Gasteiger partial charge in [-0.05, 0) is 37.1 Å². The number of hydrogen-bond donors (Lipinski definition) is 2. The van der Waals surface area contributed by atoms with Crippen LogP contribution in [0.15, 0.2) is 18.2 Å². The number of fused-ring (bicyclic) bond motifs is 1. The second-order valence-electron chi connectivity index (χ2n) is 4.53. The Morgan fingerprint density at radius 1 is 1.41 bits per heavy atom. The summed E-state index contributed by atoms with van der Waals surface area (Å²) in [6, 6.07) is 6.18. The fourth-order valence-corrected chi connectivity index (χ4v) is 2.38. The number of rotatable bonds is 4. The molecule has 0 bridgehead atoms. The number of benzene rings is 1. The predicted molar refractivity (Wildman–Crippen MR) is 68.7 cm³/mol. The van der Waals surface area contributed by atoms with Crippen molar-refractivity contribution >= 4 is 11.6 Å². The van der Waals surface area contributed by atoms with Gasteiger partial charge in [-0.15, -0.1) is 0 Å². The van der Waals surface area contributed by atoms with Crippen LogP contribution in [0, 0.1) is 0 Å². The summed E-state index contributed by atoms with van der Waals surface area (Å²) in [5.41, 5.74) is 14.3. The highest BCUT2D eigenvalue weighted by molar-refractivity contribution is 6.01. The third kappa shape index (κ3) is 2.18. The molecule has 0 radical (unpaired) electrons. The summed E-state index contributed by atoms with van der Waals surface area (Å²) in [7, 11) is 0. The van der Waals surface area contributed by atoms with Crippen molar-refractivity contribution in [3.8, 4) is 0 Å². The molecule has 0 saturated carbocycles.